The molecular formula is C16H16ClN5O. The molecule has 0 aliphatic carbocycles. The van der Waals surface area contributed by atoms with E-state index in [9.17, 15) is 0 Å². The van der Waals surface area contributed by atoms with E-state index in [1.807, 2.05) is 18.2 Å². The van der Waals surface area contributed by atoms with Crippen LogP contribution in [0.5, 0.6) is 0 Å². The Balaban J connectivity index is 1.69. The highest BCUT2D eigenvalue weighted by Crippen LogP contribution is 2.31. The van der Waals surface area contributed by atoms with Crippen molar-refractivity contribution >= 4 is 28.8 Å². The van der Waals surface area contributed by atoms with Crippen LogP contribution < -0.4 is 10.6 Å². The van der Waals surface area contributed by atoms with Crippen molar-refractivity contribution in [1.29, 1.82) is 0 Å². The van der Waals surface area contributed by atoms with Gasteiger partial charge in [0.05, 0.1) is 47.4 Å². The first-order chi connectivity index (χ1) is 11.2. The molecule has 118 valence electrons. The smallest absolute Gasteiger partial charge is 0.136 e. The lowest BCUT2D eigenvalue weighted by atomic mass is 10.0. The summed E-state index contributed by atoms with van der Waals surface area (Å²) in [6.07, 6.45) is 1.47. The van der Waals surface area contributed by atoms with Crippen LogP contribution in [0.3, 0.4) is 0 Å². The topological polar surface area (TPSA) is 76.6 Å². The summed E-state index contributed by atoms with van der Waals surface area (Å²) in [5.74, 6) is 0.458. The van der Waals surface area contributed by atoms with Gasteiger partial charge in [0.1, 0.15) is 12.1 Å². The molecule has 0 saturated carbocycles. The number of fused-ring (bicyclic) bond motifs is 1. The number of aliphatic imine (C=N–C) groups is 1. The Morgan fingerprint density at radius 2 is 2.00 bits per heavy atom. The van der Waals surface area contributed by atoms with Gasteiger partial charge < -0.3 is 15.4 Å². The molecule has 1 saturated heterocycles. The van der Waals surface area contributed by atoms with Gasteiger partial charge in [-0.05, 0) is 12.1 Å². The summed E-state index contributed by atoms with van der Waals surface area (Å²) >= 11 is 6.51. The number of morpholine rings is 1. The molecule has 0 unspecified atom stereocenters. The van der Waals surface area contributed by atoms with Crippen molar-refractivity contribution in [3.8, 4) is 0 Å². The van der Waals surface area contributed by atoms with Gasteiger partial charge in [0.2, 0.25) is 0 Å². The molecule has 7 heteroatoms. The predicted molar refractivity (Wildman–Crippen MR) is 90.3 cm³/mol. The van der Waals surface area contributed by atoms with Crippen LogP contribution in [0, 0.1) is 0 Å². The average molecular weight is 330 g/mol. The third kappa shape index (κ3) is 2.54. The van der Waals surface area contributed by atoms with Crippen LogP contribution in [0.25, 0.3) is 0 Å². The molecule has 0 atom stereocenters. The molecule has 4 rings (SSSR count). The van der Waals surface area contributed by atoms with Crippen molar-refractivity contribution in [3.63, 3.8) is 0 Å². The maximum atomic E-state index is 6.51. The van der Waals surface area contributed by atoms with Gasteiger partial charge in [-0.15, -0.1) is 0 Å². The third-order valence-electron chi connectivity index (χ3n) is 4.15. The van der Waals surface area contributed by atoms with Crippen LogP contribution in [0.1, 0.15) is 16.8 Å². The van der Waals surface area contributed by atoms with Crippen LogP contribution in [-0.2, 0) is 11.3 Å². The minimum Gasteiger partial charge on any atom is -0.383 e. The molecule has 2 aromatic rings. The summed E-state index contributed by atoms with van der Waals surface area (Å²) in [6, 6.07) is 5.99. The van der Waals surface area contributed by atoms with Crippen molar-refractivity contribution in [2.24, 2.45) is 4.99 Å². The first-order valence-corrected chi connectivity index (χ1v) is 7.88. The molecule has 23 heavy (non-hydrogen) atoms. The second kappa shape index (κ2) is 5.79. The number of nitrogen functional groups attached to an aromatic ring is 1. The van der Waals surface area contributed by atoms with Crippen molar-refractivity contribution in [3.05, 3.63) is 46.4 Å². The highest BCUT2D eigenvalue weighted by Gasteiger charge is 2.23. The van der Waals surface area contributed by atoms with E-state index >= 15 is 0 Å². The fourth-order valence-corrected chi connectivity index (χ4v) is 3.30. The number of anilines is 2. The zero-order valence-electron chi connectivity index (χ0n) is 12.5. The highest BCUT2D eigenvalue weighted by molar-refractivity contribution is 6.34. The van der Waals surface area contributed by atoms with E-state index in [4.69, 9.17) is 22.1 Å². The van der Waals surface area contributed by atoms with E-state index in [-0.39, 0.29) is 0 Å². The first-order valence-electron chi connectivity index (χ1n) is 7.51. The van der Waals surface area contributed by atoms with E-state index in [1.165, 1.54) is 6.33 Å². The largest absolute Gasteiger partial charge is 0.383 e. The number of nitrogens with two attached hydrogens (primary N) is 1. The zero-order chi connectivity index (χ0) is 15.8. The van der Waals surface area contributed by atoms with Gasteiger partial charge in [0.25, 0.3) is 0 Å². The molecule has 2 aliphatic rings. The zero-order valence-corrected chi connectivity index (χ0v) is 13.3. The fourth-order valence-electron chi connectivity index (χ4n) is 3.00. The Kier molecular flexibility index (Phi) is 3.63. The molecule has 0 spiro atoms. The number of rotatable bonds is 2. The Morgan fingerprint density at radius 3 is 2.78 bits per heavy atom. The molecule has 2 N–H and O–H groups in total. The van der Waals surface area contributed by atoms with Crippen molar-refractivity contribution < 1.29 is 4.74 Å². The van der Waals surface area contributed by atoms with Gasteiger partial charge in [-0.2, -0.15) is 0 Å². The summed E-state index contributed by atoms with van der Waals surface area (Å²) in [6.45, 7) is 3.69. The Labute approximate surface area is 139 Å². The lowest BCUT2D eigenvalue weighted by Gasteiger charge is -2.29. The van der Waals surface area contributed by atoms with Crippen molar-refractivity contribution in [2.45, 2.75) is 6.54 Å². The van der Waals surface area contributed by atoms with Gasteiger partial charge in [-0.3, -0.25) is 4.99 Å². The summed E-state index contributed by atoms with van der Waals surface area (Å²) in [7, 11) is 0. The van der Waals surface area contributed by atoms with E-state index in [2.05, 4.69) is 19.9 Å². The minimum absolute atomic E-state index is 0.458. The Morgan fingerprint density at radius 1 is 1.17 bits per heavy atom. The summed E-state index contributed by atoms with van der Waals surface area (Å²) in [4.78, 5) is 15.1. The SMILES string of the molecule is Nc1ncnc2c1C(c1ccc(N3CCOCC3)c(Cl)c1)=NC2. The normalized spacial score (nSPS) is 17.1. The summed E-state index contributed by atoms with van der Waals surface area (Å²) in [5, 5.41) is 0.705. The van der Waals surface area contributed by atoms with E-state index in [1.54, 1.807) is 0 Å². The van der Waals surface area contributed by atoms with Gasteiger partial charge in [0, 0.05) is 18.7 Å². The standard InChI is InChI=1S/C16H16ClN5O/c17-11-7-10(1-2-13(11)22-3-5-23-6-4-22)15-14-12(8-19-15)20-9-21-16(14)18/h1-2,7,9H,3-6,8H2,(H2,18,20,21). The number of aromatic nitrogens is 2. The molecular weight excluding hydrogens is 314 g/mol. The van der Waals surface area contributed by atoms with Crippen LogP contribution in [-0.4, -0.2) is 42.0 Å². The van der Waals surface area contributed by atoms with Crippen LogP contribution >= 0.6 is 11.6 Å². The maximum Gasteiger partial charge on any atom is 0.136 e. The summed E-state index contributed by atoms with van der Waals surface area (Å²) in [5.41, 5.74) is 10.5. The average Bonchev–Trinajstić information content (AvgIpc) is 3.01. The van der Waals surface area contributed by atoms with Crippen LogP contribution in [0.15, 0.2) is 29.5 Å². The quantitative estimate of drug-likeness (QED) is 0.910. The molecule has 1 aromatic heterocycles. The molecule has 1 fully saturated rings. The monoisotopic (exact) mass is 329 g/mol. The second-order valence-corrected chi connectivity index (χ2v) is 5.92. The minimum atomic E-state index is 0.458. The number of benzene rings is 1. The predicted octanol–water partition coefficient (Wildman–Crippen LogP) is 1.90. The van der Waals surface area contributed by atoms with Crippen LogP contribution in [0.2, 0.25) is 5.02 Å². The molecule has 3 heterocycles. The molecule has 2 aliphatic heterocycles. The van der Waals surface area contributed by atoms with Gasteiger partial charge >= 0.3 is 0 Å². The van der Waals surface area contributed by atoms with E-state index < -0.39 is 0 Å². The third-order valence-corrected chi connectivity index (χ3v) is 4.45. The van der Waals surface area contributed by atoms with Gasteiger partial charge in [-0.1, -0.05) is 17.7 Å². The number of nitrogens with zero attached hydrogens (tertiary/aromatic N) is 4. The van der Waals surface area contributed by atoms with E-state index in [0.29, 0.717) is 17.4 Å². The van der Waals surface area contributed by atoms with Crippen molar-refractivity contribution in [1.82, 2.24) is 9.97 Å². The molecule has 0 bridgehead atoms. The second-order valence-electron chi connectivity index (χ2n) is 5.51. The highest BCUT2D eigenvalue weighted by atomic mass is 35.5. The fraction of sp³-hybridized carbons (Fsp3) is 0.312. The van der Waals surface area contributed by atoms with Gasteiger partial charge in [0.15, 0.2) is 0 Å². The van der Waals surface area contributed by atoms with Gasteiger partial charge in [-0.25, -0.2) is 9.97 Å². The Bertz CT molecular complexity index is 786. The number of halogens is 1. The molecule has 0 amide bonds. The maximum absolute atomic E-state index is 6.51. The number of hydrogen-bond donors (Lipinski definition) is 1. The number of ether oxygens (including phenoxy) is 1. The lowest BCUT2D eigenvalue weighted by Crippen LogP contribution is -2.36. The molecule has 0 radical (unpaired) electrons. The van der Waals surface area contributed by atoms with E-state index in [0.717, 1.165) is 54.5 Å². The van der Waals surface area contributed by atoms with Crippen molar-refractivity contribution in [2.75, 3.05) is 36.9 Å². The summed E-state index contributed by atoms with van der Waals surface area (Å²) < 4.78 is 5.39. The Hall–Kier alpha value is -2.18. The lowest BCUT2D eigenvalue weighted by molar-refractivity contribution is 0.122. The first kappa shape index (κ1) is 14.4. The number of hydrogen-bond acceptors (Lipinski definition) is 6. The molecule has 1 aromatic carbocycles. The molecule has 6 nitrogen and oxygen atoms in total. The van der Waals surface area contributed by atoms with Crippen LogP contribution in [0.4, 0.5) is 11.5 Å².